The van der Waals surface area contributed by atoms with Crippen LogP contribution >= 0.6 is 0 Å². The van der Waals surface area contributed by atoms with Gasteiger partial charge >= 0.3 is 0 Å². The monoisotopic (exact) mass is 296 g/mol. The van der Waals surface area contributed by atoms with Gasteiger partial charge < -0.3 is 18.9 Å². The highest BCUT2D eigenvalue weighted by Gasteiger charge is 2.60. The predicted molar refractivity (Wildman–Crippen MR) is 75.4 cm³/mol. The number of carbonyl (C=O) groups is 1. The van der Waals surface area contributed by atoms with Crippen LogP contribution in [0.2, 0.25) is 0 Å². The van der Waals surface area contributed by atoms with Crippen molar-refractivity contribution < 1.29 is 23.7 Å². The molecule has 5 nitrogen and oxygen atoms in total. The van der Waals surface area contributed by atoms with Crippen molar-refractivity contribution in [1.82, 2.24) is 0 Å². The normalized spacial score (nSPS) is 34.9. The van der Waals surface area contributed by atoms with Gasteiger partial charge in [0.25, 0.3) is 0 Å². The van der Waals surface area contributed by atoms with Crippen molar-refractivity contribution in [2.45, 2.75) is 44.8 Å². The van der Waals surface area contributed by atoms with Crippen LogP contribution < -0.4 is 0 Å². The van der Waals surface area contributed by atoms with Crippen molar-refractivity contribution in [2.75, 3.05) is 27.1 Å². The summed E-state index contributed by atoms with van der Waals surface area (Å²) in [5.74, 6) is 0.406. The molecule has 5 heteroatoms. The highest BCUT2D eigenvalue weighted by atomic mass is 16.7. The fraction of sp³-hybridized carbons (Fsp3) is 0.812. The highest BCUT2D eigenvalue weighted by Crippen LogP contribution is 2.59. The molecule has 2 aliphatic carbocycles. The summed E-state index contributed by atoms with van der Waals surface area (Å²) in [4.78, 5) is 11.7. The van der Waals surface area contributed by atoms with Crippen molar-refractivity contribution in [3.05, 3.63) is 11.3 Å². The number of carbonyl (C=O) groups excluding carboxylic acids is 1. The van der Waals surface area contributed by atoms with Gasteiger partial charge in [-0.05, 0) is 19.3 Å². The summed E-state index contributed by atoms with van der Waals surface area (Å²) in [6, 6.07) is 0. The SMILES string of the molecule is COCOC1=C(C=O)[C@H]2CCCC3(OCCO3)[C@]2(C)CC1. The number of methoxy groups -OCH3 is 1. The minimum atomic E-state index is -0.517. The second-order valence-corrected chi connectivity index (χ2v) is 6.36. The van der Waals surface area contributed by atoms with Crippen LogP contribution in [0.1, 0.15) is 39.0 Å². The first-order valence-corrected chi connectivity index (χ1v) is 7.75. The van der Waals surface area contributed by atoms with E-state index in [0.29, 0.717) is 13.2 Å². The summed E-state index contributed by atoms with van der Waals surface area (Å²) in [6.45, 7) is 3.69. The van der Waals surface area contributed by atoms with Crippen molar-refractivity contribution >= 4 is 6.29 Å². The predicted octanol–water partition coefficient (Wildman–Crippen LogP) is 2.40. The van der Waals surface area contributed by atoms with Crippen LogP contribution in [0.15, 0.2) is 11.3 Å². The van der Waals surface area contributed by atoms with Crippen LogP contribution in [0.5, 0.6) is 0 Å². The number of hydrogen-bond donors (Lipinski definition) is 0. The molecule has 3 rings (SSSR count). The maximum absolute atomic E-state index is 11.7. The Kier molecular flexibility index (Phi) is 4.08. The molecule has 1 spiro atoms. The Morgan fingerprint density at radius 2 is 2.10 bits per heavy atom. The molecular formula is C16H24O5. The topological polar surface area (TPSA) is 54.0 Å². The summed E-state index contributed by atoms with van der Waals surface area (Å²) < 4.78 is 22.7. The van der Waals surface area contributed by atoms with E-state index in [2.05, 4.69) is 6.92 Å². The molecule has 1 saturated carbocycles. The van der Waals surface area contributed by atoms with E-state index < -0.39 is 5.79 Å². The Balaban J connectivity index is 1.94. The lowest BCUT2D eigenvalue weighted by atomic mass is 9.56. The van der Waals surface area contributed by atoms with E-state index in [0.717, 1.165) is 49.7 Å². The first-order valence-electron chi connectivity index (χ1n) is 7.75. The highest BCUT2D eigenvalue weighted by molar-refractivity contribution is 5.75. The first-order chi connectivity index (χ1) is 10.2. The third kappa shape index (κ3) is 2.22. The van der Waals surface area contributed by atoms with Gasteiger partial charge in [-0.2, -0.15) is 0 Å². The van der Waals surface area contributed by atoms with Crippen molar-refractivity contribution in [2.24, 2.45) is 11.3 Å². The largest absolute Gasteiger partial charge is 0.471 e. The molecule has 0 aromatic carbocycles. The zero-order valence-corrected chi connectivity index (χ0v) is 12.9. The Bertz CT molecular complexity index is 438. The van der Waals surface area contributed by atoms with E-state index in [1.807, 2.05) is 0 Å². The lowest BCUT2D eigenvalue weighted by Gasteiger charge is -2.54. The lowest BCUT2D eigenvalue weighted by Crippen LogP contribution is -2.56. The Morgan fingerprint density at radius 1 is 1.33 bits per heavy atom. The third-order valence-electron chi connectivity index (χ3n) is 5.44. The number of aldehydes is 1. The van der Waals surface area contributed by atoms with E-state index in [9.17, 15) is 4.79 Å². The standard InChI is InChI=1S/C16H24O5/c1-15-7-5-14(19-11-18-2)12(10-17)13(15)4-3-6-16(15)20-8-9-21-16/h10,13H,3-9,11H2,1-2H3/t13-,15-/m1/s1. The Labute approximate surface area is 125 Å². The Morgan fingerprint density at radius 3 is 2.76 bits per heavy atom. The molecule has 1 saturated heterocycles. The van der Waals surface area contributed by atoms with Gasteiger partial charge in [0.05, 0.1) is 13.2 Å². The van der Waals surface area contributed by atoms with E-state index >= 15 is 0 Å². The molecule has 118 valence electrons. The van der Waals surface area contributed by atoms with Crippen LogP contribution in [0.3, 0.4) is 0 Å². The number of allylic oxidation sites excluding steroid dienone is 2. The van der Waals surface area contributed by atoms with Crippen LogP contribution in [0.25, 0.3) is 0 Å². The molecule has 0 radical (unpaired) electrons. The van der Waals surface area contributed by atoms with Crippen LogP contribution in [0.4, 0.5) is 0 Å². The number of ether oxygens (including phenoxy) is 4. The number of rotatable bonds is 4. The molecule has 1 aliphatic heterocycles. The second kappa shape index (κ2) is 5.71. The van der Waals surface area contributed by atoms with Gasteiger partial charge in [0, 0.05) is 36.9 Å². The molecule has 0 aromatic heterocycles. The molecular weight excluding hydrogens is 272 g/mol. The average Bonchev–Trinajstić information content (AvgIpc) is 2.96. The van der Waals surface area contributed by atoms with Gasteiger partial charge in [0.1, 0.15) is 12.0 Å². The van der Waals surface area contributed by atoms with E-state index in [1.165, 1.54) is 0 Å². The molecule has 0 N–H and O–H groups in total. The Hall–Kier alpha value is -0.910. The molecule has 0 amide bonds. The molecule has 0 bridgehead atoms. The van der Waals surface area contributed by atoms with Crippen molar-refractivity contribution in [3.63, 3.8) is 0 Å². The summed E-state index contributed by atoms with van der Waals surface area (Å²) in [5, 5.41) is 0. The van der Waals surface area contributed by atoms with E-state index in [4.69, 9.17) is 18.9 Å². The minimum Gasteiger partial charge on any atom is -0.471 e. The van der Waals surface area contributed by atoms with Gasteiger partial charge in [-0.25, -0.2) is 0 Å². The fourth-order valence-electron chi connectivity index (χ4n) is 4.35. The summed E-state index contributed by atoms with van der Waals surface area (Å²) in [7, 11) is 1.59. The molecule has 21 heavy (non-hydrogen) atoms. The maximum atomic E-state index is 11.7. The van der Waals surface area contributed by atoms with Crippen molar-refractivity contribution in [3.8, 4) is 0 Å². The quantitative estimate of drug-likeness (QED) is 0.589. The summed E-state index contributed by atoms with van der Waals surface area (Å²) in [5.41, 5.74) is 0.622. The third-order valence-corrected chi connectivity index (χ3v) is 5.44. The van der Waals surface area contributed by atoms with Crippen LogP contribution in [-0.4, -0.2) is 39.2 Å². The van der Waals surface area contributed by atoms with E-state index in [-0.39, 0.29) is 18.1 Å². The summed E-state index contributed by atoms with van der Waals surface area (Å²) >= 11 is 0. The van der Waals surface area contributed by atoms with Gasteiger partial charge in [0.15, 0.2) is 12.6 Å². The van der Waals surface area contributed by atoms with Gasteiger partial charge in [0.2, 0.25) is 0 Å². The van der Waals surface area contributed by atoms with Gasteiger partial charge in [-0.1, -0.05) is 6.92 Å². The molecule has 3 aliphatic rings. The average molecular weight is 296 g/mol. The molecule has 1 heterocycles. The fourth-order valence-corrected chi connectivity index (χ4v) is 4.35. The summed E-state index contributed by atoms with van der Waals surface area (Å²) in [6.07, 6.45) is 5.52. The smallest absolute Gasteiger partial charge is 0.188 e. The number of fused-ring (bicyclic) bond motifs is 2. The molecule has 2 fully saturated rings. The number of hydrogen-bond acceptors (Lipinski definition) is 5. The zero-order valence-electron chi connectivity index (χ0n) is 12.9. The zero-order chi connectivity index (χ0) is 14.9. The molecule has 2 atom stereocenters. The van der Waals surface area contributed by atoms with E-state index in [1.54, 1.807) is 7.11 Å². The van der Waals surface area contributed by atoms with Gasteiger partial charge in [-0.3, -0.25) is 4.79 Å². The first kappa shape index (κ1) is 15.0. The van der Waals surface area contributed by atoms with Crippen LogP contribution in [0, 0.1) is 11.3 Å². The second-order valence-electron chi connectivity index (χ2n) is 6.36. The van der Waals surface area contributed by atoms with Crippen LogP contribution in [-0.2, 0) is 23.7 Å². The lowest BCUT2D eigenvalue weighted by molar-refractivity contribution is -0.268. The molecule has 0 aromatic rings. The van der Waals surface area contributed by atoms with Crippen molar-refractivity contribution in [1.29, 1.82) is 0 Å². The molecule has 0 unspecified atom stereocenters. The van der Waals surface area contributed by atoms with Gasteiger partial charge in [-0.15, -0.1) is 0 Å². The maximum Gasteiger partial charge on any atom is 0.188 e. The minimum absolute atomic E-state index is 0.141.